The normalized spacial score (nSPS) is 18.6. The van der Waals surface area contributed by atoms with Crippen LogP contribution in [-0.2, 0) is 16.0 Å². The Bertz CT molecular complexity index is 743. The summed E-state index contributed by atoms with van der Waals surface area (Å²) in [4.78, 5) is 40.8. The van der Waals surface area contributed by atoms with E-state index in [2.05, 4.69) is 12.2 Å². The van der Waals surface area contributed by atoms with Crippen LogP contribution in [-0.4, -0.2) is 71.3 Å². The first-order valence-corrected chi connectivity index (χ1v) is 10.2. The second-order valence-electron chi connectivity index (χ2n) is 7.58. The Hall–Kier alpha value is -2.41. The van der Waals surface area contributed by atoms with Crippen molar-refractivity contribution in [1.82, 2.24) is 15.1 Å². The summed E-state index contributed by atoms with van der Waals surface area (Å²) >= 11 is 0. The fourth-order valence-electron chi connectivity index (χ4n) is 3.90. The minimum Gasteiger partial charge on any atom is -0.508 e. The standard InChI is InChI=1S/C21H29N3O4/c1-2-3-4-15-13-16(5-6-18(15)25)19(26)14-23-11-12-24(21(28)20(23)27)17-7-9-22-10-8-17/h5-6,13,17,22,25H,2-4,7-12,14H2,1H3. The number of benzene rings is 1. The first-order chi connectivity index (χ1) is 13.5. The van der Waals surface area contributed by atoms with Crippen LogP contribution in [0.25, 0.3) is 0 Å². The average molecular weight is 387 g/mol. The second kappa shape index (κ2) is 9.19. The zero-order valence-electron chi connectivity index (χ0n) is 16.4. The van der Waals surface area contributed by atoms with Gasteiger partial charge in [-0.05, 0) is 62.5 Å². The van der Waals surface area contributed by atoms with Gasteiger partial charge in [0, 0.05) is 24.7 Å². The van der Waals surface area contributed by atoms with Crippen LogP contribution < -0.4 is 5.32 Å². The molecule has 0 unspecified atom stereocenters. The van der Waals surface area contributed by atoms with Gasteiger partial charge in [-0.2, -0.15) is 0 Å². The van der Waals surface area contributed by atoms with Gasteiger partial charge in [0.25, 0.3) is 0 Å². The molecule has 0 bridgehead atoms. The molecule has 152 valence electrons. The van der Waals surface area contributed by atoms with Gasteiger partial charge in [0.2, 0.25) is 0 Å². The molecule has 0 aromatic heterocycles. The number of carbonyl (C=O) groups is 3. The van der Waals surface area contributed by atoms with Gasteiger partial charge >= 0.3 is 11.8 Å². The van der Waals surface area contributed by atoms with Crippen LogP contribution in [0.1, 0.15) is 48.5 Å². The van der Waals surface area contributed by atoms with Gasteiger partial charge in [-0.25, -0.2) is 0 Å². The summed E-state index contributed by atoms with van der Waals surface area (Å²) in [6, 6.07) is 4.91. The molecule has 2 heterocycles. The molecule has 2 saturated heterocycles. The Morgan fingerprint density at radius 1 is 1.18 bits per heavy atom. The molecule has 0 atom stereocenters. The molecule has 1 aromatic carbocycles. The lowest BCUT2D eigenvalue weighted by atomic mass is 10.0. The number of rotatable bonds is 7. The van der Waals surface area contributed by atoms with Gasteiger partial charge in [0.15, 0.2) is 5.78 Å². The number of piperidine rings is 1. The van der Waals surface area contributed by atoms with Crippen LogP contribution in [0.15, 0.2) is 18.2 Å². The van der Waals surface area contributed by atoms with Crippen molar-refractivity contribution in [3.8, 4) is 5.75 Å². The Labute approximate surface area is 165 Å². The number of amides is 2. The van der Waals surface area contributed by atoms with Crippen molar-refractivity contribution in [3.05, 3.63) is 29.3 Å². The van der Waals surface area contributed by atoms with E-state index in [1.807, 2.05) is 0 Å². The van der Waals surface area contributed by atoms with Gasteiger partial charge in [-0.1, -0.05) is 13.3 Å². The predicted molar refractivity (Wildman–Crippen MR) is 105 cm³/mol. The number of piperazine rings is 1. The Balaban J connectivity index is 1.63. The number of ketones is 1. The molecule has 7 heteroatoms. The molecule has 2 N–H and O–H groups in total. The number of carbonyl (C=O) groups excluding carboxylic acids is 3. The summed E-state index contributed by atoms with van der Waals surface area (Å²) in [5.74, 6) is -1.12. The van der Waals surface area contributed by atoms with E-state index in [9.17, 15) is 19.5 Å². The molecule has 0 radical (unpaired) electrons. The summed E-state index contributed by atoms with van der Waals surface area (Å²) in [7, 11) is 0. The maximum Gasteiger partial charge on any atom is 0.312 e. The molecule has 7 nitrogen and oxygen atoms in total. The molecule has 2 aliphatic heterocycles. The minimum absolute atomic E-state index is 0.105. The molecule has 0 saturated carbocycles. The number of nitrogens with one attached hydrogen (secondary N) is 1. The SMILES string of the molecule is CCCCc1cc(C(=O)CN2CCN(C3CCNCC3)C(=O)C2=O)ccc1O. The van der Waals surface area contributed by atoms with Crippen LogP contribution in [0.3, 0.4) is 0 Å². The van der Waals surface area contributed by atoms with Gasteiger partial charge < -0.3 is 20.2 Å². The number of nitrogens with zero attached hydrogens (tertiary/aromatic N) is 2. The fraction of sp³-hybridized carbons (Fsp3) is 0.571. The summed E-state index contributed by atoms with van der Waals surface area (Å²) in [6.07, 6.45) is 4.33. The molecule has 2 amide bonds. The highest BCUT2D eigenvalue weighted by atomic mass is 16.3. The Morgan fingerprint density at radius 2 is 1.93 bits per heavy atom. The van der Waals surface area contributed by atoms with Crippen molar-refractivity contribution in [2.24, 2.45) is 0 Å². The quantitative estimate of drug-likeness (QED) is 0.544. The van der Waals surface area contributed by atoms with Crippen LogP contribution in [0, 0.1) is 0 Å². The van der Waals surface area contributed by atoms with Crippen molar-refractivity contribution in [3.63, 3.8) is 0 Å². The van der Waals surface area contributed by atoms with Crippen LogP contribution in [0.5, 0.6) is 5.75 Å². The summed E-state index contributed by atoms with van der Waals surface area (Å²) < 4.78 is 0. The van der Waals surface area contributed by atoms with E-state index in [-0.39, 0.29) is 24.1 Å². The van der Waals surface area contributed by atoms with Crippen molar-refractivity contribution < 1.29 is 19.5 Å². The van der Waals surface area contributed by atoms with Crippen LogP contribution in [0.2, 0.25) is 0 Å². The van der Waals surface area contributed by atoms with E-state index in [0.717, 1.165) is 44.3 Å². The van der Waals surface area contributed by atoms with E-state index >= 15 is 0 Å². The number of aryl methyl sites for hydroxylation is 1. The maximum atomic E-state index is 12.7. The fourth-order valence-corrected chi connectivity index (χ4v) is 3.90. The molecule has 2 fully saturated rings. The van der Waals surface area contributed by atoms with Crippen molar-refractivity contribution in [2.75, 3.05) is 32.7 Å². The first-order valence-electron chi connectivity index (χ1n) is 10.2. The molecular weight excluding hydrogens is 358 g/mol. The number of hydrogen-bond donors (Lipinski definition) is 2. The number of unbranched alkanes of at least 4 members (excludes halogenated alkanes) is 1. The monoisotopic (exact) mass is 387 g/mol. The molecule has 1 aromatic rings. The summed E-state index contributed by atoms with van der Waals surface area (Å²) in [5, 5.41) is 13.2. The molecule has 0 spiro atoms. The molecule has 2 aliphatic rings. The third-order valence-electron chi connectivity index (χ3n) is 5.63. The van der Waals surface area contributed by atoms with Gasteiger partial charge in [0.1, 0.15) is 5.75 Å². The van der Waals surface area contributed by atoms with Gasteiger partial charge in [-0.3, -0.25) is 14.4 Å². The minimum atomic E-state index is -0.594. The second-order valence-corrected chi connectivity index (χ2v) is 7.58. The van der Waals surface area contributed by atoms with Crippen LogP contribution in [0.4, 0.5) is 0 Å². The smallest absolute Gasteiger partial charge is 0.312 e. The largest absolute Gasteiger partial charge is 0.508 e. The van der Waals surface area contributed by atoms with Crippen molar-refractivity contribution in [2.45, 2.75) is 45.1 Å². The van der Waals surface area contributed by atoms with Crippen molar-refractivity contribution in [1.29, 1.82) is 0 Å². The highest BCUT2D eigenvalue weighted by molar-refractivity contribution is 6.35. The van der Waals surface area contributed by atoms with E-state index in [0.29, 0.717) is 25.1 Å². The predicted octanol–water partition coefficient (Wildman–Crippen LogP) is 1.34. The molecule has 3 rings (SSSR count). The average Bonchev–Trinajstić information content (AvgIpc) is 2.71. The maximum absolute atomic E-state index is 12.7. The summed E-state index contributed by atoms with van der Waals surface area (Å²) in [5.41, 5.74) is 1.20. The lowest BCUT2D eigenvalue weighted by Gasteiger charge is -2.39. The highest BCUT2D eigenvalue weighted by Gasteiger charge is 2.37. The van der Waals surface area contributed by atoms with Gasteiger partial charge in [-0.15, -0.1) is 0 Å². The zero-order chi connectivity index (χ0) is 20.1. The number of phenolic OH excluding ortho intramolecular Hbond substituents is 1. The zero-order valence-corrected chi connectivity index (χ0v) is 16.4. The number of aromatic hydroxyl groups is 1. The lowest BCUT2D eigenvalue weighted by Crippen LogP contribution is -2.59. The summed E-state index contributed by atoms with van der Waals surface area (Å²) in [6.45, 7) is 4.51. The van der Waals surface area contributed by atoms with Gasteiger partial charge in [0.05, 0.1) is 6.54 Å². The van der Waals surface area contributed by atoms with E-state index in [4.69, 9.17) is 0 Å². The Morgan fingerprint density at radius 3 is 2.64 bits per heavy atom. The molecule has 28 heavy (non-hydrogen) atoms. The van der Waals surface area contributed by atoms with Crippen LogP contribution >= 0.6 is 0 Å². The molecule has 0 aliphatic carbocycles. The van der Waals surface area contributed by atoms with E-state index < -0.39 is 11.8 Å². The third kappa shape index (κ3) is 4.52. The number of phenols is 1. The first kappa shape index (κ1) is 20.3. The van der Waals surface area contributed by atoms with E-state index in [1.54, 1.807) is 17.0 Å². The van der Waals surface area contributed by atoms with Crippen molar-refractivity contribution >= 4 is 17.6 Å². The number of hydrogen-bond acceptors (Lipinski definition) is 5. The number of Topliss-reactive ketones (excluding diaryl/α,β-unsaturated/α-hetero) is 1. The lowest BCUT2D eigenvalue weighted by molar-refractivity contribution is -0.157. The van der Waals surface area contributed by atoms with E-state index in [1.165, 1.54) is 11.0 Å². The topological polar surface area (TPSA) is 90.0 Å². The third-order valence-corrected chi connectivity index (χ3v) is 5.63. The Kier molecular flexibility index (Phi) is 6.67. The highest BCUT2D eigenvalue weighted by Crippen LogP contribution is 2.22. The molecular formula is C21H29N3O4.